The van der Waals surface area contributed by atoms with Crippen LogP contribution < -0.4 is 4.72 Å². The fourth-order valence-electron chi connectivity index (χ4n) is 2.56. The molecule has 0 unspecified atom stereocenters. The molecule has 3 rings (SSSR count). The molecule has 0 fully saturated rings. The number of hydrogen-bond acceptors (Lipinski definition) is 4. The first-order chi connectivity index (χ1) is 11.9. The van der Waals surface area contributed by atoms with Gasteiger partial charge >= 0.3 is 0 Å². The number of carbonyl (C=O) groups excluding carboxylic acids is 2. The summed E-state index contributed by atoms with van der Waals surface area (Å²) >= 11 is 5.99. The fourth-order valence-corrected chi connectivity index (χ4v) is 3.70. The Bertz CT molecular complexity index is 908. The maximum Gasteiger partial charge on any atom is 0.261 e. The van der Waals surface area contributed by atoms with Crippen molar-refractivity contribution in [3.05, 3.63) is 70.2 Å². The first kappa shape index (κ1) is 17.6. The van der Waals surface area contributed by atoms with Crippen molar-refractivity contribution < 1.29 is 18.0 Å². The molecule has 0 atom stereocenters. The van der Waals surface area contributed by atoms with Crippen molar-refractivity contribution in [3.8, 4) is 0 Å². The summed E-state index contributed by atoms with van der Waals surface area (Å²) < 4.78 is 26.7. The number of imide groups is 1. The fraction of sp³-hybridized carbons (Fsp3) is 0.176. The van der Waals surface area contributed by atoms with Gasteiger partial charge in [-0.25, -0.2) is 13.1 Å². The standard InChI is InChI=1S/C17H15ClN2O4S/c18-15-8-4-1-5-12(15)11-19-25(23,24)10-9-20-16(21)13-6-2-3-7-14(13)17(20)22/h1-8,19H,9-11H2. The predicted molar refractivity (Wildman–Crippen MR) is 93.9 cm³/mol. The zero-order valence-corrected chi connectivity index (χ0v) is 14.7. The second kappa shape index (κ2) is 6.95. The van der Waals surface area contributed by atoms with Gasteiger partial charge in [0.05, 0.1) is 16.9 Å². The smallest absolute Gasteiger partial charge is 0.261 e. The number of carbonyl (C=O) groups is 2. The van der Waals surface area contributed by atoms with Gasteiger partial charge in [-0.1, -0.05) is 41.9 Å². The maximum atomic E-state index is 12.2. The molecule has 1 N–H and O–H groups in total. The van der Waals surface area contributed by atoms with Crippen molar-refractivity contribution in [2.24, 2.45) is 0 Å². The minimum atomic E-state index is -3.67. The number of sulfonamides is 1. The van der Waals surface area contributed by atoms with Crippen molar-refractivity contribution in [3.63, 3.8) is 0 Å². The molecule has 0 saturated carbocycles. The third kappa shape index (κ3) is 3.73. The molecular formula is C17H15ClN2O4S. The highest BCUT2D eigenvalue weighted by Gasteiger charge is 2.35. The highest BCUT2D eigenvalue weighted by molar-refractivity contribution is 7.89. The first-order valence-corrected chi connectivity index (χ1v) is 9.58. The van der Waals surface area contributed by atoms with Crippen LogP contribution in [0.1, 0.15) is 26.3 Å². The molecule has 2 aromatic carbocycles. The normalized spacial score (nSPS) is 14.0. The van der Waals surface area contributed by atoms with Gasteiger partial charge in [-0.15, -0.1) is 0 Å². The molecule has 0 bridgehead atoms. The lowest BCUT2D eigenvalue weighted by Crippen LogP contribution is -2.37. The third-order valence-corrected chi connectivity index (χ3v) is 5.58. The number of rotatable bonds is 6. The van der Waals surface area contributed by atoms with Crippen LogP contribution in [0.5, 0.6) is 0 Å². The molecule has 6 nitrogen and oxygen atoms in total. The first-order valence-electron chi connectivity index (χ1n) is 7.55. The SMILES string of the molecule is O=C1c2ccccc2C(=O)N1CCS(=O)(=O)NCc1ccccc1Cl. The summed E-state index contributed by atoms with van der Waals surface area (Å²) in [4.78, 5) is 25.4. The van der Waals surface area contributed by atoms with Crippen LogP contribution in [-0.4, -0.2) is 37.4 Å². The lowest BCUT2D eigenvalue weighted by Gasteiger charge is -2.14. The van der Waals surface area contributed by atoms with Gasteiger partial charge in [-0.05, 0) is 23.8 Å². The predicted octanol–water partition coefficient (Wildman–Crippen LogP) is 2.06. The molecule has 1 aliphatic heterocycles. The summed E-state index contributed by atoms with van der Waals surface area (Å²) in [7, 11) is -3.67. The van der Waals surface area contributed by atoms with E-state index in [1.807, 2.05) is 0 Å². The molecule has 2 aromatic rings. The second-order valence-corrected chi connectivity index (χ2v) is 7.87. The van der Waals surface area contributed by atoms with Crippen LogP contribution in [0.3, 0.4) is 0 Å². The van der Waals surface area contributed by atoms with Crippen LogP contribution in [0.4, 0.5) is 0 Å². The monoisotopic (exact) mass is 378 g/mol. The average Bonchev–Trinajstić information content (AvgIpc) is 2.84. The van der Waals surface area contributed by atoms with E-state index < -0.39 is 21.8 Å². The van der Waals surface area contributed by atoms with E-state index in [0.29, 0.717) is 21.7 Å². The summed E-state index contributed by atoms with van der Waals surface area (Å²) in [6.07, 6.45) is 0. The molecule has 25 heavy (non-hydrogen) atoms. The Labute approximate surface area is 150 Å². The van der Waals surface area contributed by atoms with Crippen LogP contribution in [0.2, 0.25) is 5.02 Å². The molecule has 8 heteroatoms. The van der Waals surface area contributed by atoms with E-state index in [4.69, 9.17) is 11.6 Å². The highest BCUT2D eigenvalue weighted by Crippen LogP contribution is 2.22. The summed E-state index contributed by atoms with van der Waals surface area (Å²) in [5, 5.41) is 0.463. The molecule has 2 amide bonds. The largest absolute Gasteiger partial charge is 0.273 e. The molecule has 1 heterocycles. The lowest BCUT2D eigenvalue weighted by atomic mass is 10.1. The maximum absolute atomic E-state index is 12.2. The summed E-state index contributed by atoms with van der Waals surface area (Å²) in [6, 6.07) is 13.3. The van der Waals surface area contributed by atoms with Gasteiger partial charge in [0.2, 0.25) is 10.0 Å². The minimum Gasteiger partial charge on any atom is -0.273 e. The van der Waals surface area contributed by atoms with Crippen molar-refractivity contribution >= 4 is 33.4 Å². The minimum absolute atomic E-state index is 0.0458. The molecule has 0 aromatic heterocycles. The van der Waals surface area contributed by atoms with Crippen LogP contribution in [0.15, 0.2) is 48.5 Å². The molecule has 0 spiro atoms. The summed E-state index contributed by atoms with van der Waals surface area (Å²) in [6.45, 7) is -0.158. The number of halogens is 1. The van der Waals surface area contributed by atoms with Gasteiger partial charge in [0.15, 0.2) is 0 Å². The van der Waals surface area contributed by atoms with Gasteiger partial charge < -0.3 is 0 Å². The molecule has 130 valence electrons. The van der Waals surface area contributed by atoms with E-state index in [2.05, 4.69) is 4.72 Å². The quantitative estimate of drug-likeness (QED) is 0.780. The van der Waals surface area contributed by atoms with E-state index in [1.165, 1.54) is 0 Å². The van der Waals surface area contributed by atoms with Crippen molar-refractivity contribution in [2.45, 2.75) is 6.54 Å². The molecule has 1 aliphatic rings. The number of benzene rings is 2. The van der Waals surface area contributed by atoms with Crippen molar-refractivity contribution in [2.75, 3.05) is 12.3 Å². The Hall–Kier alpha value is -2.22. The van der Waals surface area contributed by atoms with E-state index in [1.54, 1.807) is 48.5 Å². The highest BCUT2D eigenvalue weighted by atomic mass is 35.5. The molecule has 0 saturated heterocycles. The Balaban J connectivity index is 1.62. The Morgan fingerprint density at radius 3 is 2.08 bits per heavy atom. The number of nitrogens with zero attached hydrogens (tertiary/aromatic N) is 1. The average molecular weight is 379 g/mol. The van der Waals surface area contributed by atoms with Crippen molar-refractivity contribution in [1.29, 1.82) is 0 Å². The van der Waals surface area contributed by atoms with Gasteiger partial charge in [-0.2, -0.15) is 0 Å². The number of hydrogen-bond donors (Lipinski definition) is 1. The second-order valence-electron chi connectivity index (χ2n) is 5.54. The van der Waals surface area contributed by atoms with E-state index in [-0.39, 0.29) is 18.8 Å². The van der Waals surface area contributed by atoms with Gasteiger partial charge in [0.1, 0.15) is 0 Å². The van der Waals surface area contributed by atoms with Crippen LogP contribution in [-0.2, 0) is 16.6 Å². The van der Waals surface area contributed by atoms with Crippen LogP contribution in [0.25, 0.3) is 0 Å². The van der Waals surface area contributed by atoms with E-state index in [9.17, 15) is 18.0 Å². The van der Waals surface area contributed by atoms with E-state index >= 15 is 0 Å². The van der Waals surface area contributed by atoms with Gasteiger partial charge in [0.25, 0.3) is 11.8 Å². The third-order valence-electron chi connectivity index (χ3n) is 3.90. The van der Waals surface area contributed by atoms with Gasteiger partial charge in [-0.3, -0.25) is 14.5 Å². The van der Waals surface area contributed by atoms with Crippen LogP contribution >= 0.6 is 11.6 Å². The molecular weight excluding hydrogens is 364 g/mol. The molecule has 0 aliphatic carbocycles. The van der Waals surface area contributed by atoms with E-state index in [0.717, 1.165) is 4.90 Å². The van der Waals surface area contributed by atoms with Gasteiger partial charge in [0, 0.05) is 18.1 Å². The molecule has 0 radical (unpaired) electrons. The zero-order valence-electron chi connectivity index (χ0n) is 13.1. The zero-order chi connectivity index (χ0) is 18.0. The number of nitrogens with one attached hydrogen (secondary N) is 1. The number of amides is 2. The topological polar surface area (TPSA) is 83.6 Å². The number of fused-ring (bicyclic) bond motifs is 1. The Morgan fingerprint density at radius 1 is 0.920 bits per heavy atom. The Morgan fingerprint density at radius 2 is 1.48 bits per heavy atom. The Kier molecular flexibility index (Phi) is 4.89. The summed E-state index contributed by atoms with van der Waals surface area (Å²) in [5.41, 5.74) is 1.25. The van der Waals surface area contributed by atoms with Crippen LogP contribution in [0, 0.1) is 0 Å². The van der Waals surface area contributed by atoms with Crippen molar-refractivity contribution in [1.82, 2.24) is 9.62 Å². The summed E-state index contributed by atoms with van der Waals surface area (Å²) in [5.74, 6) is -1.31. The lowest BCUT2D eigenvalue weighted by molar-refractivity contribution is 0.0664.